The van der Waals surface area contributed by atoms with Crippen LogP contribution < -0.4 is 15.9 Å². The topological polar surface area (TPSA) is 70.0 Å². The third-order valence-corrected chi connectivity index (χ3v) is 4.26. The summed E-state index contributed by atoms with van der Waals surface area (Å²) >= 11 is 1.39. The second-order valence-electron chi connectivity index (χ2n) is 5.06. The Hall–Kier alpha value is -2.67. The molecule has 0 spiro atoms. The molecule has 4 rings (SSSR count). The maximum Gasteiger partial charge on any atom is 0.276 e. The molecule has 1 aromatic heterocycles. The molecular weight excluding hydrogens is 310 g/mol. The van der Waals surface area contributed by atoms with Crippen LogP contribution >= 0.6 is 11.8 Å². The lowest BCUT2D eigenvalue weighted by molar-refractivity contribution is -0.116. The molecule has 2 aromatic rings. The van der Waals surface area contributed by atoms with Crippen molar-refractivity contribution in [2.24, 2.45) is 10.1 Å². The standard InChI is InChI=1S/C16H13N5OS/c1-23-16-19-15(22)13-11-6-2-3-7-12(11)18-14(21(13)20-16)10-5-4-8-17-9-10/h2-9,14H,1H3,(H,19,20,22)/t14-/m0/s1. The first-order chi connectivity index (χ1) is 11.3. The average molecular weight is 323 g/mol. The number of thioether (sulfide) groups is 1. The van der Waals surface area contributed by atoms with E-state index in [0.717, 1.165) is 16.1 Å². The molecule has 2 aliphatic heterocycles. The monoisotopic (exact) mass is 323 g/mol. The van der Waals surface area contributed by atoms with Gasteiger partial charge in [-0.2, -0.15) is 0 Å². The van der Waals surface area contributed by atoms with Gasteiger partial charge in [-0.15, -0.1) is 5.10 Å². The second kappa shape index (κ2) is 5.51. The fourth-order valence-corrected chi connectivity index (χ4v) is 3.03. The van der Waals surface area contributed by atoms with Gasteiger partial charge in [0.2, 0.25) is 0 Å². The Bertz CT molecular complexity index is 925. The third-order valence-electron chi connectivity index (χ3n) is 3.69. The highest BCUT2D eigenvalue weighted by atomic mass is 32.2. The molecule has 7 heteroatoms. The molecule has 23 heavy (non-hydrogen) atoms. The van der Waals surface area contributed by atoms with Crippen molar-refractivity contribution in [1.29, 1.82) is 0 Å². The summed E-state index contributed by atoms with van der Waals surface area (Å²) < 4.78 is 0. The molecule has 0 fully saturated rings. The fourth-order valence-electron chi connectivity index (χ4n) is 2.67. The van der Waals surface area contributed by atoms with Crippen LogP contribution in [-0.4, -0.2) is 27.3 Å². The van der Waals surface area contributed by atoms with E-state index >= 15 is 0 Å². The SMILES string of the molecule is CSC1=NN2C(=c3ccccc3=N[C@@H]2c2cccnc2)C(=O)N1. The number of aromatic nitrogens is 1. The first kappa shape index (κ1) is 14.0. The molecule has 0 saturated heterocycles. The van der Waals surface area contributed by atoms with E-state index in [1.165, 1.54) is 11.8 Å². The van der Waals surface area contributed by atoms with Crippen LogP contribution in [0.25, 0.3) is 5.70 Å². The molecule has 0 saturated carbocycles. The molecule has 3 heterocycles. The first-order valence-corrected chi connectivity index (χ1v) is 8.30. The average Bonchev–Trinajstić information content (AvgIpc) is 2.61. The molecule has 0 bridgehead atoms. The van der Waals surface area contributed by atoms with Gasteiger partial charge < -0.3 is 0 Å². The molecule has 2 aliphatic rings. The normalized spacial score (nSPS) is 19.3. The number of hydrazone groups is 1. The Morgan fingerprint density at radius 2 is 2.09 bits per heavy atom. The van der Waals surface area contributed by atoms with Gasteiger partial charge in [0.1, 0.15) is 5.70 Å². The first-order valence-electron chi connectivity index (χ1n) is 7.08. The lowest BCUT2D eigenvalue weighted by Crippen LogP contribution is -2.50. The Balaban J connectivity index is 2.00. The summed E-state index contributed by atoms with van der Waals surface area (Å²) in [4.78, 5) is 21.5. The highest BCUT2D eigenvalue weighted by Crippen LogP contribution is 2.29. The van der Waals surface area contributed by atoms with Crippen LogP contribution in [0.5, 0.6) is 0 Å². The number of rotatable bonds is 1. The number of benzene rings is 1. The Labute approximate surface area is 136 Å². The maximum absolute atomic E-state index is 12.6. The van der Waals surface area contributed by atoms with Crippen LogP contribution in [0.2, 0.25) is 0 Å². The lowest BCUT2D eigenvalue weighted by Gasteiger charge is -2.33. The van der Waals surface area contributed by atoms with Gasteiger partial charge in [-0.3, -0.25) is 20.1 Å². The highest BCUT2D eigenvalue weighted by molar-refractivity contribution is 8.13. The van der Waals surface area contributed by atoms with Gasteiger partial charge in [-0.25, -0.2) is 5.01 Å². The van der Waals surface area contributed by atoms with Crippen LogP contribution in [0.1, 0.15) is 11.7 Å². The van der Waals surface area contributed by atoms with Crippen molar-refractivity contribution in [1.82, 2.24) is 15.3 Å². The van der Waals surface area contributed by atoms with Gasteiger partial charge in [-0.1, -0.05) is 36.0 Å². The highest BCUT2D eigenvalue weighted by Gasteiger charge is 2.34. The number of pyridine rings is 1. The number of hydrogen-bond acceptors (Lipinski definition) is 6. The van der Waals surface area contributed by atoms with E-state index in [4.69, 9.17) is 4.99 Å². The van der Waals surface area contributed by atoms with Crippen molar-refractivity contribution in [2.75, 3.05) is 6.26 Å². The number of nitrogens with zero attached hydrogens (tertiary/aromatic N) is 4. The summed E-state index contributed by atoms with van der Waals surface area (Å²) in [6.45, 7) is 0. The Kier molecular flexibility index (Phi) is 3.34. The van der Waals surface area contributed by atoms with Crippen molar-refractivity contribution in [3.8, 4) is 0 Å². The zero-order valence-corrected chi connectivity index (χ0v) is 13.1. The fraction of sp³-hybridized carbons (Fsp3) is 0.125. The van der Waals surface area contributed by atoms with Crippen LogP contribution in [0.3, 0.4) is 0 Å². The van der Waals surface area contributed by atoms with E-state index in [1.807, 2.05) is 42.7 Å². The van der Waals surface area contributed by atoms with E-state index in [2.05, 4.69) is 15.4 Å². The third kappa shape index (κ3) is 2.29. The largest absolute Gasteiger partial charge is 0.298 e. The number of para-hydroxylation sites is 1. The lowest BCUT2D eigenvalue weighted by atomic mass is 10.1. The number of hydrogen-bond donors (Lipinski definition) is 1. The van der Waals surface area contributed by atoms with E-state index in [1.54, 1.807) is 17.4 Å². The smallest absolute Gasteiger partial charge is 0.276 e. The Morgan fingerprint density at radius 1 is 1.22 bits per heavy atom. The molecular formula is C16H13N5OS. The van der Waals surface area contributed by atoms with E-state index in [0.29, 0.717) is 10.9 Å². The van der Waals surface area contributed by atoms with Crippen molar-refractivity contribution < 1.29 is 4.79 Å². The van der Waals surface area contributed by atoms with Gasteiger partial charge in [0.15, 0.2) is 11.3 Å². The minimum atomic E-state index is -0.401. The minimum absolute atomic E-state index is 0.166. The zero-order chi connectivity index (χ0) is 15.8. The van der Waals surface area contributed by atoms with E-state index in [-0.39, 0.29) is 5.91 Å². The molecule has 1 N–H and O–H groups in total. The summed E-state index contributed by atoms with van der Waals surface area (Å²) in [5.41, 5.74) is 1.40. The molecule has 1 aromatic carbocycles. The van der Waals surface area contributed by atoms with Crippen molar-refractivity contribution >= 4 is 28.5 Å². The summed E-state index contributed by atoms with van der Waals surface area (Å²) in [7, 11) is 0. The predicted molar refractivity (Wildman–Crippen MR) is 88.5 cm³/mol. The summed E-state index contributed by atoms with van der Waals surface area (Å²) in [6, 6.07) is 11.4. The molecule has 0 unspecified atom stereocenters. The van der Waals surface area contributed by atoms with Crippen molar-refractivity contribution in [3.63, 3.8) is 0 Å². The zero-order valence-electron chi connectivity index (χ0n) is 12.3. The molecule has 6 nitrogen and oxygen atoms in total. The predicted octanol–water partition coefficient (Wildman–Crippen LogP) is 0.588. The number of amides is 1. The number of carbonyl (C=O) groups excluding carboxylic acids is 1. The van der Waals surface area contributed by atoms with Crippen LogP contribution in [0, 0.1) is 0 Å². The van der Waals surface area contributed by atoms with Gasteiger partial charge in [-0.05, 0) is 18.4 Å². The van der Waals surface area contributed by atoms with Crippen LogP contribution in [0.4, 0.5) is 0 Å². The number of fused-ring (bicyclic) bond motifs is 2. The molecule has 0 aliphatic carbocycles. The van der Waals surface area contributed by atoms with E-state index in [9.17, 15) is 4.79 Å². The Morgan fingerprint density at radius 3 is 2.87 bits per heavy atom. The van der Waals surface area contributed by atoms with Crippen LogP contribution in [-0.2, 0) is 4.79 Å². The molecule has 114 valence electrons. The summed E-state index contributed by atoms with van der Waals surface area (Å²) in [6.07, 6.45) is 4.94. The van der Waals surface area contributed by atoms with Crippen molar-refractivity contribution in [3.05, 3.63) is 64.9 Å². The summed E-state index contributed by atoms with van der Waals surface area (Å²) in [5.74, 6) is -0.166. The van der Waals surface area contributed by atoms with Crippen LogP contribution in [0.15, 0.2) is 58.9 Å². The number of amidine groups is 1. The molecule has 0 radical (unpaired) electrons. The van der Waals surface area contributed by atoms with Gasteiger partial charge in [0, 0.05) is 23.2 Å². The van der Waals surface area contributed by atoms with Gasteiger partial charge >= 0.3 is 0 Å². The molecule has 1 atom stereocenters. The second-order valence-corrected chi connectivity index (χ2v) is 5.86. The number of carbonyl (C=O) groups is 1. The van der Waals surface area contributed by atoms with E-state index < -0.39 is 6.17 Å². The molecule has 1 amide bonds. The van der Waals surface area contributed by atoms with Gasteiger partial charge in [0.25, 0.3) is 5.91 Å². The maximum atomic E-state index is 12.6. The summed E-state index contributed by atoms with van der Waals surface area (Å²) in [5, 5.41) is 11.2. The quantitative estimate of drug-likeness (QED) is 0.834. The van der Waals surface area contributed by atoms with Gasteiger partial charge in [0.05, 0.1) is 5.36 Å². The number of nitrogens with one attached hydrogen (secondary N) is 1. The minimum Gasteiger partial charge on any atom is -0.298 e. The van der Waals surface area contributed by atoms with Crippen molar-refractivity contribution in [2.45, 2.75) is 6.17 Å².